The fourth-order valence-corrected chi connectivity index (χ4v) is 2.65. The highest BCUT2D eigenvalue weighted by molar-refractivity contribution is 5.79. The summed E-state index contributed by atoms with van der Waals surface area (Å²) in [6.07, 6.45) is 0.855. The monoisotopic (exact) mass is 368 g/mol. The van der Waals surface area contributed by atoms with Gasteiger partial charge in [-0.3, -0.25) is 9.79 Å². The Labute approximate surface area is 161 Å². The average molecular weight is 368 g/mol. The molecule has 2 aromatic rings. The molecular formula is C21H28N4O2. The summed E-state index contributed by atoms with van der Waals surface area (Å²) < 4.78 is 5.26. The van der Waals surface area contributed by atoms with E-state index in [0.717, 1.165) is 25.5 Å². The Hall–Kier alpha value is -3.02. The second-order valence-corrected chi connectivity index (χ2v) is 6.46. The summed E-state index contributed by atoms with van der Waals surface area (Å²) >= 11 is 0. The zero-order chi connectivity index (χ0) is 19.6. The van der Waals surface area contributed by atoms with Gasteiger partial charge in [-0.15, -0.1) is 0 Å². The highest BCUT2D eigenvalue weighted by Crippen LogP contribution is 2.12. The summed E-state index contributed by atoms with van der Waals surface area (Å²) in [7, 11) is 3.82. The normalized spacial score (nSPS) is 11.1. The zero-order valence-electron chi connectivity index (χ0n) is 16.2. The topological polar surface area (TPSA) is 80.0 Å². The molecule has 0 aliphatic carbocycles. The van der Waals surface area contributed by atoms with Gasteiger partial charge in [-0.1, -0.05) is 42.0 Å². The van der Waals surface area contributed by atoms with Crippen molar-refractivity contribution in [3.05, 3.63) is 65.2 Å². The maximum Gasteiger partial charge on any atom is 0.255 e. The largest absolute Gasteiger partial charge is 0.484 e. The third-order valence-corrected chi connectivity index (χ3v) is 4.11. The van der Waals surface area contributed by atoms with Crippen LogP contribution in [0.15, 0.2) is 53.5 Å². The van der Waals surface area contributed by atoms with Gasteiger partial charge < -0.3 is 20.7 Å². The zero-order valence-corrected chi connectivity index (χ0v) is 16.2. The van der Waals surface area contributed by atoms with Crippen molar-refractivity contribution in [3.63, 3.8) is 0 Å². The highest BCUT2D eigenvalue weighted by atomic mass is 16.5. The van der Waals surface area contributed by atoms with Gasteiger partial charge in [0, 0.05) is 27.2 Å². The van der Waals surface area contributed by atoms with E-state index in [1.807, 2.05) is 31.3 Å². The lowest BCUT2D eigenvalue weighted by Gasteiger charge is -2.22. The number of nitrogens with two attached hydrogens (primary N) is 1. The van der Waals surface area contributed by atoms with Crippen molar-refractivity contribution in [1.82, 2.24) is 10.2 Å². The minimum absolute atomic E-state index is 0.107. The predicted molar refractivity (Wildman–Crippen MR) is 109 cm³/mol. The van der Waals surface area contributed by atoms with Gasteiger partial charge >= 0.3 is 0 Å². The van der Waals surface area contributed by atoms with Crippen LogP contribution in [0.1, 0.15) is 16.7 Å². The second-order valence-electron chi connectivity index (χ2n) is 6.46. The molecule has 2 rings (SSSR count). The fraction of sp³-hybridized carbons (Fsp3) is 0.333. The molecule has 0 radical (unpaired) electrons. The first-order valence-corrected chi connectivity index (χ1v) is 8.95. The Morgan fingerprint density at radius 1 is 1.11 bits per heavy atom. The molecule has 0 aromatic heterocycles. The number of carbonyl (C=O) groups is 1. The molecule has 0 aliphatic rings. The minimum atomic E-state index is -0.482. The number of carbonyl (C=O) groups excluding carboxylic acids is 1. The van der Waals surface area contributed by atoms with Crippen molar-refractivity contribution in [1.29, 1.82) is 0 Å². The Morgan fingerprint density at radius 2 is 1.74 bits per heavy atom. The van der Waals surface area contributed by atoms with E-state index in [4.69, 9.17) is 10.5 Å². The molecule has 0 aliphatic heterocycles. The number of aliphatic imine (C=N–C) groups is 1. The molecule has 27 heavy (non-hydrogen) atoms. The van der Waals surface area contributed by atoms with Crippen LogP contribution in [0, 0.1) is 6.92 Å². The number of rotatable bonds is 8. The lowest BCUT2D eigenvalue weighted by molar-refractivity contribution is -0.119. The Balaban J connectivity index is 1.80. The lowest BCUT2D eigenvalue weighted by Crippen LogP contribution is -2.39. The first-order chi connectivity index (χ1) is 13.0. The van der Waals surface area contributed by atoms with E-state index >= 15 is 0 Å². The molecule has 0 saturated carbocycles. The molecular weight excluding hydrogens is 340 g/mol. The van der Waals surface area contributed by atoms with Gasteiger partial charge in [-0.25, -0.2) is 0 Å². The summed E-state index contributed by atoms with van der Waals surface area (Å²) in [5.74, 6) is 1.01. The van der Waals surface area contributed by atoms with E-state index in [1.165, 1.54) is 16.7 Å². The quantitative estimate of drug-likeness (QED) is 0.552. The van der Waals surface area contributed by atoms with Crippen LogP contribution in [0.25, 0.3) is 0 Å². The van der Waals surface area contributed by atoms with Crippen molar-refractivity contribution in [2.45, 2.75) is 19.9 Å². The van der Waals surface area contributed by atoms with Gasteiger partial charge in [0.05, 0.1) is 0 Å². The molecule has 0 heterocycles. The summed E-state index contributed by atoms with van der Waals surface area (Å²) in [6.45, 7) is 3.55. The Bertz CT molecular complexity index is 755. The van der Waals surface area contributed by atoms with Crippen LogP contribution in [0.3, 0.4) is 0 Å². The van der Waals surface area contributed by atoms with E-state index in [0.29, 0.717) is 5.75 Å². The summed E-state index contributed by atoms with van der Waals surface area (Å²) in [6, 6.07) is 16.2. The Kier molecular flexibility index (Phi) is 7.67. The maximum atomic E-state index is 10.7. The SMILES string of the molecule is CN=C(NCCc1ccc(OCC(N)=O)cc1)N(C)Cc1ccc(C)cc1. The van der Waals surface area contributed by atoms with Crippen LogP contribution < -0.4 is 15.8 Å². The second kappa shape index (κ2) is 10.2. The smallest absolute Gasteiger partial charge is 0.255 e. The molecule has 6 nitrogen and oxygen atoms in total. The lowest BCUT2D eigenvalue weighted by atomic mass is 10.1. The van der Waals surface area contributed by atoms with Gasteiger partial charge in [-0.05, 0) is 36.6 Å². The van der Waals surface area contributed by atoms with Crippen LogP contribution >= 0.6 is 0 Å². The number of benzene rings is 2. The number of nitrogens with one attached hydrogen (secondary N) is 1. The number of amides is 1. The van der Waals surface area contributed by atoms with Crippen molar-refractivity contribution in [3.8, 4) is 5.75 Å². The van der Waals surface area contributed by atoms with E-state index in [2.05, 4.69) is 46.4 Å². The van der Waals surface area contributed by atoms with Crippen LogP contribution in [-0.2, 0) is 17.8 Å². The van der Waals surface area contributed by atoms with Gasteiger partial charge in [0.1, 0.15) is 5.75 Å². The third kappa shape index (κ3) is 7.01. The number of hydrogen-bond donors (Lipinski definition) is 2. The molecule has 0 spiro atoms. The van der Waals surface area contributed by atoms with Gasteiger partial charge in [0.25, 0.3) is 5.91 Å². The van der Waals surface area contributed by atoms with Crippen molar-refractivity contribution >= 4 is 11.9 Å². The number of aryl methyl sites for hydroxylation is 1. The Morgan fingerprint density at radius 3 is 2.33 bits per heavy atom. The van der Waals surface area contributed by atoms with Crippen LogP contribution in [0.4, 0.5) is 0 Å². The molecule has 0 fully saturated rings. The van der Waals surface area contributed by atoms with Crippen molar-refractivity contribution in [2.75, 3.05) is 27.2 Å². The van der Waals surface area contributed by atoms with E-state index in [1.54, 1.807) is 7.05 Å². The number of nitrogens with zero attached hydrogens (tertiary/aromatic N) is 2. The maximum absolute atomic E-state index is 10.7. The third-order valence-electron chi connectivity index (χ3n) is 4.11. The number of ether oxygens (including phenoxy) is 1. The molecule has 0 bridgehead atoms. The first-order valence-electron chi connectivity index (χ1n) is 8.95. The summed E-state index contributed by atoms with van der Waals surface area (Å²) in [5.41, 5.74) is 8.75. The fourth-order valence-electron chi connectivity index (χ4n) is 2.65. The van der Waals surface area contributed by atoms with Crippen LogP contribution in [-0.4, -0.2) is 44.0 Å². The molecule has 3 N–H and O–H groups in total. The van der Waals surface area contributed by atoms with Crippen LogP contribution in [0.5, 0.6) is 5.75 Å². The molecule has 0 unspecified atom stereocenters. The summed E-state index contributed by atoms with van der Waals surface area (Å²) in [4.78, 5) is 17.2. The van der Waals surface area contributed by atoms with Crippen LogP contribution in [0.2, 0.25) is 0 Å². The molecule has 6 heteroatoms. The van der Waals surface area contributed by atoms with Gasteiger partial charge in [0.15, 0.2) is 12.6 Å². The first kappa shape index (κ1) is 20.3. The number of hydrogen-bond acceptors (Lipinski definition) is 3. The van der Waals surface area contributed by atoms with E-state index < -0.39 is 5.91 Å². The minimum Gasteiger partial charge on any atom is -0.484 e. The molecule has 0 saturated heterocycles. The molecule has 1 amide bonds. The number of guanidine groups is 1. The number of primary amides is 1. The molecule has 2 aromatic carbocycles. The van der Waals surface area contributed by atoms with E-state index in [9.17, 15) is 4.79 Å². The average Bonchev–Trinajstić information content (AvgIpc) is 2.66. The van der Waals surface area contributed by atoms with Gasteiger partial charge in [-0.2, -0.15) is 0 Å². The van der Waals surface area contributed by atoms with Crippen molar-refractivity contribution < 1.29 is 9.53 Å². The van der Waals surface area contributed by atoms with Gasteiger partial charge in [0.2, 0.25) is 0 Å². The molecule has 144 valence electrons. The predicted octanol–water partition coefficient (Wildman–Crippen LogP) is 2.11. The standard InChI is InChI=1S/C21H28N4O2/c1-16-4-6-18(7-5-16)14-25(3)21(23-2)24-13-12-17-8-10-19(11-9-17)27-15-20(22)26/h4-11H,12-15H2,1-3H3,(H2,22,26)(H,23,24). The summed E-state index contributed by atoms with van der Waals surface area (Å²) in [5, 5.41) is 3.39. The van der Waals surface area contributed by atoms with Crippen molar-refractivity contribution in [2.24, 2.45) is 10.7 Å². The van der Waals surface area contributed by atoms with E-state index in [-0.39, 0.29) is 6.61 Å². The molecule has 0 atom stereocenters. The highest BCUT2D eigenvalue weighted by Gasteiger charge is 2.06.